The number of fused-ring (bicyclic) bond motifs is 1. The first-order valence-corrected chi connectivity index (χ1v) is 11.6. The molecule has 176 valence electrons. The van der Waals surface area contributed by atoms with Gasteiger partial charge in [0.05, 0.1) is 4.47 Å². The Hall–Kier alpha value is -3.50. The van der Waals surface area contributed by atoms with Gasteiger partial charge in [0.25, 0.3) is 5.91 Å². The molecule has 3 aromatic carbocycles. The van der Waals surface area contributed by atoms with Crippen molar-refractivity contribution in [3.8, 4) is 5.75 Å². The monoisotopic (exact) mass is 542 g/mol. The smallest absolute Gasteiger partial charge is 0.264 e. The Morgan fingerprint density at radius 2 is 1.53 bits per heavy atom. The van der Waals surface area contributed by atoms with Gasteiger partial charge in [-0.15, -0.1) is 0 Å². The van der Waals surface area contributed by atoms with Gasteiger partial charge in [0.1, 0.15) is 5.75 Å². The van der Waals surface area contributed by atoms with Crippen LogP contribution in [0.15, 0.2) is 71.2 Å². The van der Waals surface area contributed by atoms with E-state index in [1.807, 2.05) is 60.7 Å². The van der Waals surface area contributed by atoms with Gasteiger partial charge in [-0.3, -0.25) is 30.6 Å². The van der Waals surface area contributed by atoms with Crippen molar-refractivity contribution in [3.05, 3.63) is 76.8 Å². The van der Waals surface area contributed by atoms with Crippen molar-refractivity contribution in [1.82, 2.24) is 21.5 Å². The fraction of sp³-hybridized carbons (Fsp3) is 0.167. The van der Waals surface area contributed by atoms with Crippen LogP contribution in [-0.4, -0.2) is 29.4 Å². The lowest BCUT2D eigenvalue weighted by atomic mass is 10.1. The highest BCUT2D eigenvalue weighted by Gasteiger charge is 2.11. The average Bonchev–Trinajstić information content (AvgIpc) is 2.85. The van der Waals surface area contributed by atoms with Crippen molar-refractivity contribution in [2.75, 3.05) is 6.61 Å². The summed E-state index contributed by atoms with van der Waals surface area (Å²) < 4.78 is 6.32. The maximum absolute atomic E-state index is 12.1. The lowest BCUT2D eigenvalue weighted by Crippen LogP contribution is -2.49. The lowest BCUT2D eigenvalue weighted by Gasteiger charge is -2.12. The Morgan fingerprint density at radius 3 is 2.32 bits per heavy atom. The van der Waals surface area contributed by atoms with Gasteiger partial charge in [-0.1, -0.05) is 60.7 Å². The van der Waals surface area contributed by atoms with Crippen LogP contribution in [0.3, 0.4) is 0 Å². The van der Waals surface area contributed by atoms with E-state index in [0.29, 0.717) is 12.3 Å². The lowest BCUT2D eigenvalue weighted by molar-refractivity contribution is -0.126. The van der Waals surface area contributed by atoms with Gasteiger partial charge in [0, 0.05) is 19.4 Å². The van der Waals surface area contributed by atoms with Gasteiger partial charge in [0.15, 0.2) is 11.7 Å². The van der Waals surface area contributed by atoms with E-state index in [2.05, 4.69) is 37.4 Å². The summed E-state index contributed by atoms with van der Waals surface area (Å²) in [6.07, 6.45) is -0.0166. The van der Waals surface area contributed by atoms with Gasteiger partial charge in [0.2, 0.25) is 11.8 Å². The predicted molar refractivity (Wildman–Crippen MR) is 137 cm³/mol. The Balaban J connectivity index is 1.32. The SMILES string of the molecule is O=C(CCC(=O)NNC(=S)NC(=O)COc1ccc2ccccc2c1Br)NCc1ccccc1. The van der Waals surface area contributed by atoms with Gasteiger partial charge >= 0.3 is 0 Å². The van der Waals surface area contributed by atoms with Crippen molar-refractivity contribution < 1.29 is 19.1 Å². The summed E-state index contributed by atoms with van der Waals surface area (Å²) in [5.74, 6) is -0.659. The van der Waals surface area contributed by atoms with Crippen molar-refractivity contribution in [3.63, 3.8) is 0 Å². The number of rotatable bonds is 8. The third kappa shape index (κ3) is 7.82. The molecule has 0 aromatic heterocycles. The molecule has 0 saturated carbocycles. The number of hydrazine groups is 1. The molecule has 10 heteroatoms. The number of thiocarbonyl (C=S) groups is 1. The molecule has 0 aliphatic heterocycles. The van der Waals surface area contributed by atoms with E-state index in [1.54, 1.807) is 6.07 Å². The third-order valence-electron chi connectivity index (χ3n) is 4.67. The molecule has 0 heterocycles. The molecule has 0 aliphatic rings. The van der Waals surface area contributed by atoms with E-state index in [-0.39, 0.29) is 30.5 Å². The number of hydrogen-bond donors (Lipinski definition) is 4. The fourth-order valence-electron chi connectivity index (χ4n) is 2.96. The fourth-order valence-corrected chi connectivity index (χ4v) is 3.74. The van der Waals surface area contributed by atoms with Gasteiger partial charge in [-0.25, -0.2) is 0 Å². The standard InChI is InChI=1S/C24H23BrN4O4S/c25-23-18-9-5-4-8-17(18)10-11-19(23)33-15-22(32)27-24(34)29-28-21(31)13-12-20(30)26-14-16-6-2-1-3-7-16/h1-11H,12-15H2,(H,26,30)(H,28,31)(H2,27,29,32,34). The molecule has 3 rings (SSSR count). The molecule has 34 heavy (non-hydrogen) atoms. The highest BCUT2D eigenvalue weighted by molar-refractivity contribution is 9.10. The number of amides is 3. The highest BCUT2D eigenvalue weighted by atomic mass is 79.9. The van der Waals surface area contributed by atoms with E-state index in [9.17, 15) is 14.4 Å². The highest BCUT2D eigenvalue weighted by Crippen LogP contribution is 2.32. The molecular formula is C24H23BrN4O4S. The molecular weight excluding hydrogens is 520 g/mol. The van der Waals surface area contributed by atoms with Gasteiger partial charge < -0.3 is 10.1 Å². The number of ether oxygens (including phenoxy) is 1. The van der Waals surface area contributed by atoms with Crippen LogP contribution in [0.4, 0.5) is 0 Å². The predicted octanol–water partition coefficient (Wildman–Crippen LogP) is 3.10. The van der Waals surface area contributed by atoms with Crippen LogP contribution in [0.5, 0.6) is 5.75 Å². The molecule has 3 amide bonds. The van der Waals surface area contributed by atoms with E-state index >= 15 is 0 Å². The molecule has 0 saturated heterocycles. The minimum absolute atomic E-state index is 0.0218. The summed E-state index contributed by atoms with van der Waals surface area (Å²) >= 11 is 8.50. The van der Waals surface area contributed by atoms with E-state index in [1.165, 1.54) is 0 Å². The summed E-state index contributed by atoms with van der Waals surface area (Å²) in [5.41, 5.74) is 5.75. The summed E-state index contributed by atoms with van der Waals surface area (Å²) in [4.78, 5) is 35.9. The van der Waals surface area contributed by atoms with Crippen LogP contribution in [0, 0.1) is 0 Å². The topological polar surface area (TPSA) is 109 Å². The maximum atomic E-state index is 12.1. The molecule has 0 spiro atoms. The summed E-state index contributed by atoms with van der Waals surface area (Å²) in [5, 5.41) is 7.08. The molecule has 8 nitrogen and oxygen atoms in total. The van der Waals surface area contributed by atoms with Crippen molar-refractivity contribution in [2.45, 2.75) is 19.4 Å². The van der Waals surface area contributed by atoms with Crippen molar-refractivity contribution in [2.24, 2.45) is 0 Å². The molecule has 3 aromatic rings. The van der Waals surface area contributed by atoms with Crippen molar-refractivity contribution >= 4 is 61.8 Å². The second kappa shape index (κ2) is 12.7. The summed E-state index contributed by atoms with van der Waals surface area (Å²) in [7, 11) is 0. The van der Waals surface area contributed by atoms with Gasteiger partial charge in [-0.05, 0) is 50.6 Å². The van der Waals surface area contributed by atoms with Crippen LogP contribution in [-0.2, 0) is 20.9 Å². The minimum atomic E-state index is -0.493. The average molecular weight is 543 g/mol. The Kier molecular flexibility index (Phi) is 9.36. The van der Waals surface area contributed by atoms with Crippen LogP contribution >= 0.6 is 28.1 Å². The first-order chi connectivity index (χ1) is 16.4. The molecule has 0 radical (unpaired) electrons. The minimum Gasteiger partial charge on any atom is -0.483 e. The molecule has 0 aliphatic carbocycles. The first-order valence-electron chi connectivity index (χ1n) is 10.4. The third-order valence-corrected chi connectivity index (χ3v) is 5.69. The normalized spacial score (nSPS) is 10.3. The largest absolute Gasteiger partial charge is 0.483 e. The second-order valence-electron chi connectivity index (χ2n) is 7.20. The zero-order valence-electron chi connectivity index (χ0n) is 18.1. The van der Waals surface area contributed by atoms with Crippen LogP contribution in [0.2, 0.25) is 0 Å². The number of halogens is 1. The van der Waals surface area contributed by atoms with Crippen LogP contribution in [0.1, 0.15) is 18.4 Å². The summed E-state index contributed by atoms with van der Waals surface area (Å²) in [6, 6.07) is 20.9. The van der Waals surface area contributed by atoms with Gasteiger partial charge in [-0.2, -0.15) is 0 Å². The first kappa shape index (κ1) is 25.1. The number of carbonyl (C=O) groups excluding carboxylic acids is 3. The van der Waals surface area contributed by atoms with Crippen LogP contribution in [0.25, 0.3) is 10.8 Å². The van der Waals surface area contributed by atoms with Crippen LogP contribution < -0.4 is 26.2 Å². The zero-order chi connectivity index (χ0) is 24.3. The Morgan fingerprint density at radius 1 is 0.824 bits per heavy atom. The maximum Gasteiger partial charge on any atom is 0.264 e. The molecule has 0 unspecified atom stereocenters. The number of hydrogen-bond acceptors (Lipinski definition) is 5. The molecule has 0 bridgehead atoms. The molecule has 0 atom stereocenters. The summed E-state index contributed by atoms with van der Waals surface area (Å²) in [6.45, 7) is 0.127. The Bertz CT molecular complexity index is 1190. The number of carbonyl (C=O) groups is 3. The number of benzene rings is 3. The van der Waals surface area contributed by atoms with Crippen molar-refractivity contribution in [1.29, 1.82) is 0 Å². The quantitative estimate of drug-likeness (QED) is 0.257. The Labute approximate surface area is 210 Å². The zero-order valence-corrected chi connectivity index (χ0v) is 20.5. The molecule has 4 N–H and O–H groups in total. The second-order valence-corrected chi connectivity index (χ2v) is 8.40. The van der Waals surface area contributed by atoms with E-state index in [4.69, 9.17) is 17.0 Å². The van der Waals surface area contributed by atoms with E-state index < -0.39 is 11.8 Å². The van der Waals surface area contributed by atoms with E-state index in [0.717, 1.165) is 20.8 Å². The number of nitrogens with one attached hydrogen (secondary N) is 4. The molecule has 0 fully saturated rings.